The molecule has 0 fully saturated rings. The van der Waals surface area contributed by atoms with Crippen LogP contribution in [-0.2, 0) is 19.2 Å². The molecule has 0 radical (unpaired) electrons. The Kier molecular flexibility index (Phi) is 8.22. The molecule has 1 atom stereocenters. The molecule has 0 aliphatic heterocycles. The van der Waals surface area contributed by atoms with Gasteiger partial charge in [-0.05, 0) is 19.1 Å². The molecule has 0 spiro atoms. The quantitative estimate of drug-likeness (QED) is 0.356. The van der Waals surface area contributed by atoms with Crippen LogP contribution in [0.5, 0.6) is 0 Å². The average molecular weight is 344 g/mol. The lowest BCUT2D eigenvalue weighted by atomic mass is 10.2. The van der Waals surface area contributed by atoms with E-state index in [0.717, 1.165) is 5.56 Å². The summed E-state index contributed by atoms with van der Waals surface area (Å²) in [6, 6.07) is 5.99. The van der Waals surface area contributed by atoms with E-state index >= 15 is 0 Å². The van der Waals surface area contributed by atoms with Crippen LogP contribution in [0.1, 0.15) is 5.56 Å². The highest BCUT2D eigenvalue weighted by Crippen LogP contribution is 2.35. The summed E-state index contributed by atoms with van der Waals surface area (Å²) in [5.74, 6) is 0. The zero-order valence-electron chi connectivity index (χ0n) is 11.0. The fraction of sp³-hybridized carbons (Fsp3) is 0.400. The van der Waals surface area contributed by atoms with Gasteiger partial charge < -0.3 is 20.0 Å². The molecule has 5 N–H and O–H groups in total. The van der Waals surface area contributed by atoms with Crippen LogP contribution in [0.25, 0.3) is 0 Å². The van der Waals surface area contributed by atoms with Gasteiger partial charge in [0.2, 0.25) is 0 Å². The number of aliphatic hydroxyl groups is 2. The van der Waals surface area contributed by atoms with E-state index in [1.54, 1.807) is 12.1 Å². The monoisotopic (exact) mass is 344 g/mol. The Balaban J connectivity index is 0.000000384. The minimum absolute atomic E-state index is 0.0666. The van der Waals surface area contributed by atoms with Gasteiger partial charge in [0.25, 0.3) is 10.1 Å². The maximum absolute atomic E-state index is 10.5. The van der Waals surface area contributed by atoms with Crippen molar-refractivity contribution in [2.24, 2.45) is 0 Å². The van der Waals surface area contributed by atoms with Crippen molar-refractivity contribution in [1.82, 2.24) is 0 Å². The highest BCUT2D eigenvalue weighted by molar-refractivity contribution is 7.85. The van der Waals surface area contributed by atoms with Gasteiger partial charge in [-0.25, -0.2) is 4.57 Å². The first-order valence-corrected chi connectivity index (χ1v) is 8.46. The fourth-order valence-corrected chi connectivity index (χ4v) is 1.79. The maximum Gasteiger partial charge on any atom is 0.469 e. The Labute approximate surface area is 121 Å². The summed E-state index contributed by atoms with van der Waals surface area (Å²) in [5.41, 5.74) is 0.956. The first-order chi connectivity index (χ1) is 9.45. The number of hydrogen-bond acceptors (Lipinski definition) is 6. The van der Waals surface area contributed by atoms with Crippen molar-refractivity contribution in [1.29, 1.82) is 0 Å². The molecule has 0 bridgehead atoms. The van der Waals surface area contributed by atoms with Gasteiger partial charge >= 0.3 is 7.82 Å². The highest BCUT2D eigenvalue weighted by atomic mass is 32.2. The van der Waals surface area contributed by atoms with E-state index in [2.05, 4.69) is 4.52 Å². The fourth-order valence-electron chi connectivity index (χ4n) is 0.946. The molecule has 1 unspecified atom stereocenters. The predicted octanol–water partition coefficient (Wildman–Crippen LogP) is -0.309. The summed E-state index contributed by atoms with van der Waals surface area (Å²) < 4.78 is 43.3. The van der Waals surface area contributed by atoms with Crippen molar-refractivity contribution in [2.45, 2.75) is 17.9 Å². The van der Waals surface area contributed by atoms with Gasteiger partial charge in [0.1, 0.15) is 6.10 Å². The second-order valence-electron chi connectivity index (χ2n) is 3.91. The maximum atomic E-state index is 10.5. The zero-order valence-corrected chi connectivity index (χ0v) is 12.7. The second kappa shape index (κ2) is 8.57. The number of phosphoric acid groups is 1. The van der Waals surface area contributed by atoms with Crippen LogP contribution in [-0.4, -0.2) is 52.3 Å². The van der Waals surface area contributed by atoms with Crippen LogP contribution < -0.4 is 0 Å². The molecule has 1 aromatic carbocycles. The molecule has 21 heavy (non-hydrogen) atoms. The molecule has 1 rings (SSSR count). The van der Waals surface area contributed by atoms with Gasteiger partial charge in [-0.1, -0.05) is 17.7 Å². The Morgan fingerprint density at radius 1 is 1.24 bits per heavy atom. The molecule has 0 saturated carbocycles. The summed E-state index contributed by atoms with van der Waals surface area (Å²) in [6.45, 7) is 0.689. The Hall–Kier alpha value is -0.840. The van der Waals surface area contributed by atoms with E-state index in [9.17, 15) is 13.0 Å². The van der Waals surface area contributed by atoms with Crippen LogP contribution in [0, 0.1) is 6.92 Å². The van der Waals surface area contributed by atoms with Crippen molar-refractivity contribution in [3.63, 3.8) is 0 Å². The van der Waals surface area contributed by atoms with E-state index in [-0.39, 0.29) is 4.90 Å². The van der Waals surface area contributed by atoms with Gasteiger partial charge in [-0.3, -0.25) is 9.08 Å². The van der Waals surface area contributed by atoms with Crippen molar-refractivity contribution in [3.8, 4) is 0 Å². The number of benzene rings is 1. The van der Waals surface area contributed by atoms with Crippen LogP contribution in [0.15, 0.2) is 29.2 Å². The van der Waals surface area contributed by atoms with E-state index in [1.807, 2.05) is 6.92 Å². The minimum atomic E-state index is -4.50. The third-order valence-corrected chi connectivity index (χ3v) is 3.32. The van der Waals surface area contributed by atoms with Gasteiger partial charge in [0.05, 0.1) is 18.1 Å². The number of hydrogen-bond donors (Lipinski definition) is 5. The molecule has 122 valence electrons. The van der Waals surface area contributed by atoms with Gasteiger partial charge in [-0.2, -0.15) is 8.42 Å². The molecule has 0 heterocycles. The molecule has 0 aliphatic rings. The van der Waals surface area contributed by atoms with Gasteiger partial charge in [0, 0.05) is 0 Å². The predicted molar refractivity (Wildman–Crippen MR) is 72.1 cm³/mol. The summed E-state index contributed by atoms with van der Waals surface area (Å²) in [6.07, 6.45) is -1.24. The Morgan fingerprint density at radius 2 is 1.71 bits per heavy atom. The number of aryl methyl sites for hydroxylation is 1. The Bertz CT molecular complexity index is 563. The molecule has 0 saturated heterocycles. The average Bonchev–Trinajstić information content (AvgIpc) is 2.35. The van der Waals surface area contributed by atoms with Crippen molar-refractivity contribution in [3.05, 3.63) is 29.8 Å². The summed E-state index contributed by atoms with van der Waals surface area (Å²) in [5, 5.41) is 16.7. The SMILES string of the molecule is Cc1ccc(S(=O)(=O)O)cc1.O=P(O)(O)OCC(O)CO. The second-order valence-corrected chi connectivity index (χ2v) is 6.57. The third kappa shape index (κ3) is 10.5. The molecule has 0 aromatic heterocycles. The Morgan fingerprint density at radius 3 is 2.05 bits per heavy atom. The van der Waals surface area contributed by atoms with E-state index in [1.165, 1.54) is 12.1 Å². The van der Waals surface area contributed by atoms with E-state index in [0.29, 0.717) is 0 Å². The van der Waals surface area contributed by atoms with Crippen molar-refractivity contribution in [2.75, 3.05) is 13.2 Å². The molecule has 9 nitrogen and oxygen atoms in total. The molecule has 1 aromatic rings. The summed E-state index contributed by atoms with van der Waals surface area (Å²) in [7, 11) is -8.52. The minimum Gasteiger partial charge on any atom is -0.394 e. The molecule has 0 amide bonds. The molecule has 11 heteroatoms. The smallest absolute Gasteiger partial charge is 0.394 e. The standard InChI is InChI=1S/C7H8O3S.C3H9O6P/c1-6-2-4-7(5-3-6)11(8,9)10;4-1-3(5)2-9-10(6,7)8/h2-5H,1H3,(H,8,9,10);3-5H,1-2H2,(H2,6,7,8). The third-order valence-electron chi connectivity index (χ3n) is 1.96. The van der Waals surface area contributed by atoms with Crippen LogP contribution >= 0.6 is 7.82 Å². The number of phosphoric ester groups is 1. The zero-order chi connectivity index (χ0) is 16.7. The highest BCUT2D eigenvalue weighted by Gasteiger charge is 2.15. The lowest BCUT2D eigenvalue weighted by Gasteiger charge is -2.07. The first-order valence-electron chi connectivity index (χ1n) is 5.49. The van der Waals surface area contributed by atoms with E-state index in [4.69, 9.17) is 24.6 Å². The number of aliphatic hydroxyl groups excluding tert-OH is 2. The number of rotatable bonds is 5. The lowest BCUT2D eigenvalue weighted by Crippen LogP contribution is -2.18. The molecular formula is C10H17O9PS. The summed E-state index contributed by atoms with van der Waals surface area (Å²) >= 11 is 0. The largest absolute Gasteiger partial charge is 0.469 e. The van der Waals surface area contributed by atoms with Gasteiger partial charge in [-0.15, -0.1) is 0 Å². The normalized spacial score (nSPS) is 13.2. The first kappa shape index (κ1) is 20.2. The van der Waals surface area contributed by atoms with Crippen LogP contribution in [0.2, 0.25) is 0 Å². The van der Waals surface area contributed by atoms with E-state index < -0.39 is 37.3 Å². The van der Waals surface area contributed by atoms with Crippen LogP contribution in [0.3, 0.4) is 0 Å². The molecular weight excluding hydrogens is 327 g/mol. The van der Waals surface area contributed by atoms with Crippen LogP contribution in [0.4, 0.5) is 0 Å². The molecule has 0 aliphatic carbocycles. The van der Waals surface area contributed by atoms with Crippen molar-refractivity contribution >= 4 is 17.9 Å². The summed E-state index contributed by atoms with van der Waals surface area (Å²) in [4.78, 5) is 16.0. The lowest BCUT2D eigenvalue weighted by molar-refractivity contribution is 0.0419. The van der Waals surface area contributed by atoms with Gasteiger partial charge in [0.15, 0.2) is 0 Å². The van der Waals surface area contributed by atoms with Crippen molar-refractivity contribution < 1.29 is 42.1 Å². The topological polar surface area (TPSA) is 162 Å².